The van der Waals surface area contributed by atoms with E-state index in [1.807, 2.05) is 49.1 Å². The number of aliphatic carboxylic acids is 1. The molecule has 15 nitrogen and oxygen atoms in total. The van der Waals surface area contributed by atoms with Gasteiger partial charge in [0.2, 0.25) is 5.69 Å². The van der Waals surface area contributed by atoms with Gasteiger partial charge in [-0.1, -0.05) is 12.1 Å². The summed E-state index contributed by atoms with van der Waals surface area (Å²) >= 11 is 0. The largest absolute Gasteiger partial charge is 0.481 e. The number of nitrogens with zero attached hydrogens (tertiary/aromatic N) is 2. The Kier molecular flexibility index (Phi) is 15.4. The molecule has 4 N–H and O–H groups in total. The Morgan fingerprint density at radius 1 is 0.807 bits per heavy atom. The Morgan fingerprint density at radius 3 is 2.05 bits per heavy atom. The second kappa shape index (κ2) is 19.1. The second-order valence-electron chi connectivity index (χ2n) is 15.0. The first-order valence-electron chi connectivity index (χ1n) is 18.8. The number of carbonyl (C=O) groups is 1. The van der Waals surface area contributed by atoms with E-state index in [1.54, 1.807) is 20.3 Å². The van der Waals surface area contributed by atoms with Crippen LogP contribution in [0.25, 0.3) is 0 Å². The zero-order chi connectivity index (χ0) is 42.2. The molecule has 2 aliphatic heterocycles. The number of anilines is 1. The Hall–Kier alpha value is -3.49. The van der Waals surface area contributed by atoms with Crippen molar-refractivity contribution in [3.05, 3.63) is 77.0 Å². The monoisotopic (exact) mass is 855 g/mol. The summed E-state index contributed by atoms with van der Waals surface area (Å²) in [6.45, 7) is 5.52. The third kappa shape index (κ3) is 11.8. The van der Waals surface area contributed by atoms with Gasteiger partial charge in [0.15, 0.2) is 5.71 Å². The van der Waals surface area contributed by atoms with Crippen molar-refractivity contribution in [3.8, 4) is 0 Å². The maximum absolute atomic E-state index is 12.3. The Morgan fingerprint density at radius 2 is 1.46 bits per heavy atom. The first-order chi connectivity index (χ1) is 26.6. The van der Waals surface area contributed by atoms with Crippen LogP contribution in [-0.2, 0) is 61.9 Å². The molecule has 0 fully saturated rings. The average molecular weight is 856 g/mol. The predicted octanol–water partition coefficient (Wildman–Crippen LogP) is 5.32. The van der Waals surface area contributed by atoms with Crippen molar-refractivity contribution < 1.29 is 62.9 Å². The minimum atomic E-state index is -4.60. The van der Waals surface area contributed by atoms with Gasteiger partial charge in [0.1, 0.15) is 6.54 Å². The predicted molar refractivity (Wildman–Crippen MR) is 217 cm³/mol. The number of hydrogen-bond donors (Lipinski definition) is 4. The summed E-state index contributed by atoms with van der Waals surface area (Å²) in [6, 6.07) is 10.4. The third-order valence-corrected chi connectivity index (χ3v) is 13.3. The van der Waals surface area contributed by atoms with Crippen molar-refractivity contribution >= 4 is 53.4 Å². The standard InChI is InChI=1S/C39H54N2O13S3/c1-38(19-9-25-55(44,45)46)31-27-29(18-23-53-3)14-16-33(31)40(21-7-5-6-13-37(42)43)35(38)11-8-12-36-39(2,20-10-26-56(47,48)49)32-28-30(57(50,51)52)15-17-34(32)41(36)22-24-54-4/h8,11-12,14-17,27-28H,5-7,9-10,13,18-26H2,1-4H3,(H3-,42,43,44,45,46,47,48,49,50,51,52)/p+1. The van der Waals surface area contributed by atoms with E-state index >= 15 is 0 Å². The normalized spacial score (nSPS) is 20.5. The summed E-state index contributed by atoms with van der Waals surface area (Å²) in [6.07, 6.45) is 8.89. The molecule has 0 spiro atoms. The number of fused-ring (bicyclic) bond motifs is 2. The summed E-state index contributed by atoms with van der Waals surface area (Å²) in [5, 5.41) is 9.19. The summed E-state index contributed by atoms with van der Waals surface area (Å²) in [5.41, 5.74) is 3.85. The van der Waals surface area contributed by atoms with Crippen molar-refractivity contribution in [2.75, 3.05) is 56.9 Å². The lowest BCUT2D eigenvalue weighted by molar-refractivity contribution is -0.438. The maximum atomic E-state index is 12.3. The lowest BCUT2D eigenvalue weighted by Crippen LogP contribution is -2.32. The molecule has 2 atom stereocenters. The van der Waals surface area contributed by atoms with Gasteiger partial charge < -0.3 is 19.5 Å². The first kappa shape index (κ1) is 46.2. The van der Waals surface area contributed by atoms with Gasteiger partial charge in [-0.2, -0.15) is 29.8 Å². The molecule has 2 aromatic rings. The number of methoxy groups -OCH3 is 2. The molecule has 2 unspecified atom stereocenters. The molecule has 2 heterocycles. The Bertz CT molecular complexity index is 2220. The molecule has 57 heavy (non-hydrogen) atoms. The van der Waals surface area contributed by atoms with E-state index in [-0.39, 0.29) is 37.2 Å². The van der Waals surface area contributed by atoms with E-state index in [0.29, 0.717) is 68.7 Å². The van der Waals surface area contributed by atoms with Crippen molar-refractivity contribution in [2.45, 2.75) is 87.4 Å². The van der Waals surface area contributed by atoms with Crippen LogP contribution in [0.5, 0.6) is 0 Å². The van der Waals surface area contributed by atoms with Crippen molar-refractivity contribution in [1.29, 1.82) is 0 Å². The van der Waals surface area contributed by atoms with Gasteiger partial charge in [-0.3, -0.25) is 18.5 Å². The highest BCUT2D eigenvalue weighted by molar-refractivity contribution is 7.86. The van der Waals surface area contributed by atoms with E-state index in [1.165, 1.54) is 12.1 Å². The number of ether oxygens (including phenoxy) is 2. The minimum Gasteiger partial charge on any atom is -0.481 e. The Balaban J connectivity index is 1.90. The van der Waals surface area contributed by atoms with Crippen LogP contribution >= 0.6 is 0 Å². The lowest BCUT2D eigenvalue weighted by Gasteiger charge is -2.30. The number of benzene rings is 2. The lowest BCUT2D eigenvalue weighted by atomic mass is 9.75. The topological polar surface area (TPSA) is 225 Å². The van der Waals surface area contributed by atoms with E-state index in [0.717, 1.165) is 22.5 Å². The second-order valence-corrected chi connectivity index (χ2v) is 19.6. The molecule has 4 rings (SSSR count). The fraction of sp³-hybridized carbons (Fsp3) is 0.538. The number of hydrogen-bond acceptors (Lipinski definition) is 10. The molecule has 0 bridgehead atoms. The number of rotatable bonds is 23. The van der Waals surface area contributed by atoms with Crippen LogP contribution in [0, 0.1) is 0 Å². The van der Waals surface area contributed by atoms with Crippen molar-refractivity contribution in [2.24, 2.45) is 0 Å². The summed E-state index contributed by atoms with van der Waals surface area (Å²) in [5.74, 6) is -1.83. The fourth-order valence-corrected chi connectivity index (χ4v) is 9.55. The van der Waals surface area contributed by atoms with Crippen LogP contribution in [0.4, 0.5) is 11.4 Å². The molecule has 0 radical (unpaired) electrons. The highest BCUT2D eigenvalue weighted by Crippen LogP contribution is 2.51. The Labute approximate surface area is 336 Å². The van der Waals surface area contributed by atoms with Crippen LogP contribution < -0.4 is 4.90 Å². The molecular formula is C39H55N2O13S3+. The van der Waals surface area contributed by atoms with Crippen LogP contribution in [0.1, 0.15) is 81.9 Å². The average Bonchev–Trinajstić information content (AvgIpc) is 3.47. The van der Waals surface area contributed by atoms with Gasteiger partial charge >= 0.3 is 5.97 Å². The first-order valence-corrected chi connectivity index (χ1v) is 23.5. The molecular weight excluding hydrogens is 801 g/mol. The van der Waals surface area contributed by atoms with Crippen LogP contribution in [-0.4, -0.2) is 112 Å². The third-order valence-electron chi connectivity index (χ3n) is 10.9. The van der Waals surface area contributed by atoms with Crippen molar-refractivity contribution in [1.82, 2.24) is 0 Å². The minimum absolute atomic E-state index is 0.0314. The highest BCUT2D eigenvalue weighted by atomic mass is 32.2. The zero-order valence-corrected chi connectivity index (χ0v) is 35.3. The van der Waals surface area contributed by atoms with E-state index < -0.39 is 58.7 Å². The zero-order valence-electron chi connectivity index (χ0n) is 32.9. The molecule has 0 amide bonds. The van der Waals surface area contributed by atoms with E-state index in [2.05, 4.69) is 10.6 Å². The molecule has 0 saturated carbocycles. The molecule has 0 aromatic heterocycles. The summed E-state index contributed by atoms with van der Waals surface area (Å²) in [4.78, 5) is 12.8. The van der Waals surface area contributed by atoms with E-state index in [9.17, 15) is 48.8 Å². The summed E-state index contributed by atoms with van der Waals surface area (Å²) < 4.78 is 114. The number of carboxylic acid groups (broad SMARTS) is 1. The molecule has 0 saturated heterocycles. The maximum Gasteiger partial charge on any atom is 0.303 e. The summed E-state index contributed by atoms with van der Waals surface area (Å²) in [7, 11) is -9.99. The highest BCUT2D eigenvalue weighted by Gasteiger charge is 2.48. The molecule has 316 valence electrons. The molecule has 2 aliphatic rings. The number of carboxylic acids is 1. The SMILES string of the molecule is COCCc1ccc2c(c1)C(C)(CCCS(=O)(=O)O)C(C=CC=C1N(CCOC)c3ccc(S(=O)(=O)O)cc3C1(C)CCCS(=O)(=O)O)=[N+]2CCCCCC(=O)O. The van der Waals surface area contributed by atoms with Crippen LogP contribution in [0.15, 0.2) is 65.2 Å². The van der Waals surface area contributed by atoms with Gasteiger partial charge in [-0.15, -0.1) is 0 Å². The van der Waals surface area contributed by atoms with Crippen molar-refractivity contribution in [3.63, 3.8) is 0 Å². The smallest absolute Gasteiger partial charge is 0.303 e. The van der Waals surface area contributed by atoms with Crippen LogP contribution in [0.3, 0.4) is 0 Å². The number of allylic oxidation sites excluding steroid dienone is 4. The van der Waals surface area contributed by atoms with Gasteiger partial charge in [-0.25, -0.2) is 0 Å². The number of unbranched alkanes of at least 4 members (excludes halogenated alkanes) is 2. The van der Waals surface area contributed by atoms with Gasteiger partial charge in [0.25, 0.3) is 30.4 Å². The van der Waals surface area contributed by atoms with Gasteiger partial charge in [0, 0.05) is 68.1 Å². The fourth-order valence-electron chi connectivity index (χ4n) is 8.03. The molecule has 18 heteroatoms. The quantitative estimate of drug-likeness (QED) is 0.0631. The van der Waals surface area contributed by atoms with Crippen LogP contribution in [0.2, 0.25) is 0 Å². The molecule has 2 aromatic carbocycles. The van der Waals surface area contributed by atoms with Gasteiger partial charge in [-0.05, 0) is 100 Å². The van der Waals surface area contributed by atoms with E-state index in [4.69, 9.17) is 9.47 Å². The molecule has 0 aliphatic carbocycles. The van der Waals surface area contributed by atoms with Gasteiger partial charge in [0.05, 0.1) is 35.0 Å².